The highest BCUT2D eigenvalue weighted by atomic mass is 16.3. The maximum atomic E-state index is 14.0. The van der Waals surface area contributed by atoms with Gasteiger partial charge in [-0.1, -0.05) is 62.4 Å². The Morgan fingerprint density at radius 3 is 2.48 bits per heavy atom. The lowest BCUT2D eigenvalue weighted by molar-refractivity contribution is -0.139. The number of aliphatic imine (C=N–C) groups is 1. The highest BCUT2D eigenvalue weighted by Crippen LogP contribution is 2.30. The number of nitrogens with one attached hydrogen (secondary N) is 1. The van der Waals surface area contributed by atoms with E-state index in [1.54, 1.807) is 19.9 Å². The third-order valence-corrected chi connectivity index (χ3v) is 7.94. The largest absolute Gasteiger partial charge is 0.384 e. The van der Waals surface area contributed by atoms with Crippen molar-refractivity contribution in [2.45, 2.75) is 82.5 Å². The number of nitrogens with zero attached hydrogens (tertiary/aromatic N) is 3. The van der Waals surface area contributed by atoms with E-state index >= 15 is 0 Å². The number of primary amides is 1. The van der Waals surface area contributed by atoms with Crippen LogP contribution in [0, 0.1) is 5.92 Å². The quantitative estimate of drug-likeness (QED) is 0.215. The summed E-state index contributed by atoms with van der Waals surface area (Å²) in [5, 5.41) is 18.9. The molecule has 3 amide bonds. The van der Waals surface area contributed by atoms with Gasteiger partial charge in [-0.15, -0.1) is 0 Å². The molecule has 2 fully saturated rings. The summed E-state index contributed by atoms with van der Waals surface area (Å²) in [6, 6.07) is 11.0. The van der Waals surface area contributed by atoms with Gasteiger partial charge in [0.15, 0.2) is 0 Å². The van der Waals surface area contributed by atoms with E-state index in [0.717, 1.165) is 36.5 Å². The highest BCUT2D eigenvalue weighted by Gasteiger charge is 2.42. The molecule has 2 aliphatic rings. The standard InChI is InChI=1S/C30H40N6O4/c1-30(2,40)26(17-33-32)34-23-16-25(27(31)37)36(18-23)29(39)24(14-19-8-4-3-5-9-19)35-28(38)22-13-12-20-10-6-7-11-21(20)15-22/h6-7,10-13,15,17,19,23-25,40H,3-5,8-9,14,16,18,32H2,1-2H3,(H2,31,37)(H,35,38)/t23-,24+,25-/m0/s1. The minimum absolute atomic E-state index is 0.122. The van der Waals surface area contributed by atoms with Crippen molar-refractivity contribution in [1.29, 1.82) is 0 Å². The number of rotatable bonds is 9. The molecule has 6 N–H and O–H groups in total. The number of hydrogen-bond donors (Lipinski definition) is 4. The first kappa shape index (κ1) is 29.2. The topological polar surface area (TPSA) is 163 Å². The van der Waals surface area contributed by atoms with Crippen LogP contribution in [-0.2, 0) is 9.59 Å². The van der Waals surface area contributed by atoms with Crippen molar-refractivity contribution < 1.29 is 19.5 Å². The molecule has 0 spiro atoms. The Balaban J connectivity index is 1.59. The van der Waals surface area contributed by atoms with Gasteiger partial charge in [-0.05, 0) is 49.1 Å². The molecule has 2 aromatic carbocycles. The molecule has 214 valence electrons. The SMILES string of the molecule is CC(C)(O)C(C=NN)=N[C@H]1C[C@@H](C(N)=O)N(C(=O)[C@@H](CC2CCCCC2)NC(=O)c2ccc3ccccc3c2)C1. The van der Waals surface area contributed by atoms with Crippen LogP contribution in [0.4, 0.5) is 0 Å². The summed E-state index contributed by atoms with van der Waals surface area (Å²) in [4.78, 5) is 45.9. The third kappa shape index (κ3) is 7.04. The maximum absolute atomic E-state index is 14.0. The molecule has 10 heteroatoms. The molecule has 0 bridgehead atoms. The van der Waals surface area contributed by atoms with Crippen LogP contribution in [0.2, 0.25) is 0 Å². The smallest absolute Gasteiger partial charge is 0.251 e. The molecule has 1 saturated heterocycles. The van der Waals surface area contributed by atoms with E-state index in [0.29, 0.717) is 17.9 Å². The minimum Gasteiger partial charge on any atom is -0.384 e. The monoisotopic (exact) mass is 548 g/mol. The second-order valence-corrected chi connectivity index (χ2v) is 11.5. The number of fused-ring (bicyclic) bond motifs is 1. The second kappa shape index (κ2) is 12.6. The summed E-state index contributed by atoms with van der Waals surface area (Å²) < 4.78 is 0. The molecule has 4 rings (SSSR count). The molecule has 2 aromatic rings. The van der Waals surface area contributed by atoms with E-state index in [-0.39, 0.29) is 30.5 Å². The van der Waals surface area contributed by atoms with Crippen molar-refractivity contribution in [3.8, 4) is 0 Å². The zero-order chi connectivity index (χ0) is 28.9. The fraction of sp³-hybridized carbons (Fsp3) is 0.500. The molecule has 3 atom stereocenters. The second-order valence-electron chi connectivity index (χ2n) is 11.5. The van der Waals surface area contributed by atoms with Gasteiger partial charge in [0.2, 0.25) is 11.8 Å². The Kier molecular flexibility index (Phi) is 9.19. The maximum Gasteiger partial charge on any atom is 0.251 e. The number of likely N-dealkylation sites (tertiary alicyclic amines) is 1. The number of hydrazone groups is 1. The Labute approximate surface area is 234 Å². The van der Waals surface area contributed by atoms with Crippen LogP contribution >= 0.6 is 0 Å². The Morgan fingerprint density at radius 1 is 1.12 bits per heavy atom. The Hall–Kier alpha value is -3.79. The number of amides is 3. The lowest BCUT2D eigenvalue weighted by Gasteiger charge is -2.31. The summed E-state index contributed by atoms with van der Waals surface area (Å²) in [7, 11) is 0. The van der Waals surface area contributed by atoms with Gasteiger partial charge in [0.05, 0.1) is 18.0 Å². The van der Waals surface area contributed by atoms with Gasteiger partial charge in [-0.2, -0.15) is 5.10 Å². The lowest BCUT2D eigenvalue weighted by atomic mass is 9.84. The normalized spacial score (nSPS) is 21.6. The molecule has 1 saturated carbocycles. The van der Waals surface area contributed by atoms with Crippen LogP contribution in [0.5, 0.6) is 0 Å². The van der Waals surface area contributed by atoms with E-state index in [4.69, 9.17) is 11.6 Å². The van der Waals surface area contributed by atoms with Gasteiger partial charge < -0.3 is 26.9 Å². The molecule has 40 heavy (non-hydrogen) atoms. The summed E-state index contributed by atoms with van der Waals surface area (Å²) in [6.07, 6.45) is 7.30. The van der Waals surface area contributed by atoms with Gasteiger partial charge >= 0.3 is 0 Å². The highest BCUT2D eigenvalue weighted by molar-refractivity contribution is 6.34. The van der Waals surface area contributed by atoms with Gasteiger partial charge in [-0.3, -0.25) is 19.4 Å². The summed E-state index contributed by atoms with van der Waals surface area (Å²) in [5.41, 5.74) is 5.11. The zero-order valence-corrected chi connectivity index (χ0v) is 23.3. The number of carbonyl (C=O) groups excluding carboxylic acids is 3. The van der Waals surface area contributed by atoms with Crippen LogP contribution in [0.3, 0.4) is 0 Å². The van der Waals surface area contributed by atoms with Crippen LogP contribution in [-0.4, -0.2) is 69.9 Å². The van der Waals surface area contributed by atoms with Crippen molar-refractivity contribution in [3.05, 3.63) is 48.0 Å². The van der Waals surface area contributed by atoms with Crippen molar-refractivity contribution >= 4 is 40.4 Å². The Bertz CT molecular complexity index is 1290. The van der Waals surface area contributed by atoms with Crippen molar-refractivity contribution in [2.75, 3.05) is 6.54 Å². The molecule has 1 aliphatic carbocycles. The number of aliphatic hydroxyl groups is 1. The molecule has 10 nitrogen and oxygen atoms in total. The van der Waals surface area contributed by atoms with E-state index in [1.165, 1.54) is 17.5 Å². The number of nitrogens with two attached hydrogens (primary N) is 2. The first-order valence-corrected chi connectivity index (χ1v) is 14.0. The van der Waals surface area contributed by atoms with E-state index < -0.39 is 29.6 Å². The van der Waals surface area contributed by atoms with Crippen LogP contribution in [0.15, 0.2) is 52.6 Å². The van der Waals surface area contributed by atoms with Crippen molar-refractivity contribution in [3.63, 3.8) is 0 Å². The van der Waals surface area contributed by atoms with Crippen LogP contribution in [0.1, 0.15) is 69.2 Å². The molecular formula is C30H40N6O4. The predicted molar refractivity (Wildman–Crippen MR) is 156 cm³/mol. The molecule has 1 heterocycles. The van der Waals surface area contributed by atoms with E-state index in [2.05, 4.69) is 15.4 Å². The van der Waals surface area contributed by atoms with Gasteiger partial charge in [0, 0.05) is 18.5 Å². The fourth-order valence-corrected chi connectivity index (χ4v) is 5.79. The first-order chi connectivity index (χ1) is 19.1. The number of hydrogen-bond acceptors (Lipinski definition) is 7. The van der Waals surface area contributed by atoms with E-state index in [9.17, 15) is 19.5 Å². The summed E-state index contributed by atoms with van der Waals surface area (Å²) in [6.45, 7) is 3.23. The van der Waals surface area contributed by atoms with Gasteiger partial charge in [-0.25, -0.2) is 0 Å². The number of benzene rings is 2. The van der Waals surface area contributed by atoms with Crippen LogP contribution in [0.25, 0.3) is 10.8 Å². The fourth-order valence-electron chi connectivity index (χ4n) is 5.79. The van der Waals surface area contributed by atoms with Crippen molar-refractivity contribution in [1.82, 2.24) is 10.2 Å². The predicted octanol–water partition coefficient (Wildman–Crippen LogP) is 2.52. The van der Waals surface area contributed by atoms with Crippen LogP contribution < -0.4 is 16.9 Å². The zero-order valence-electron chi connectivity index (χ0n) is 23.3. The number of carbonyl (C=O) groups is 3. The molecule has 0 radical (unpaired) electrons. The van der Waals surface area contributed by atoms with E-state index in [1.807, 2.05) is 36.4 Å². The average Bonchev–Trinajstić information content (AvgIpc) is 3.36. The molecule has 1 aliphatic heterocycles. The molecule has 0 aromatic heterocycles. The molecular weight excluding hydrogens is 508 g/mol. The molecule has 0 unspecified atom stereocenters. The van der Waals surface area contributed by atoms with Gasteiger partial charge in [0.25, 0.3) is 5.91 Å². The lowest BCUT2D eigenvalue weighted by Crippen LogP contribution is -2.53. The Morgan fingerprint density at radius 2 is 1.82 bits per heavy atom. The van der Waals surface area contributed by atoms with Crippen molar-refractivity contribution in [2.24, 2.45) is 27.6 Å². The summed E-state index contributed by atoms with van der Waals surface area (Å²) >= 11 is 0. The minimum atomic E-state index is -1.32. The average molecular weight is 549 g/mol. The summed E-state index contributed by atoms with van der Waals surface area (Å²) in [5.74, 6) is 4.27. The third-order valence-electron chi connectivity index (χ3n) is 7.94. The van der Waals surface area contributed by atoms with Gasteiger partial charge in [0.1, 0.15) is 17.7 Å². The first-order valence-electron chi connectivity index (χ1n) is 14.0.